The van der Waals surface area contributed by atoms with Gasteiger partial charge in [-0.2, -0.15) is 0 Å². The third-order valence-corrected chi connectivity index (χ3v) is 3.11. The van der Waals surface area contributed by atoms with Crippen molar-refractivity contribution in [2.24, 2.45) is 11.8 Å². The van der Waals surface area contributed by atoms with E-state index in [1.165, 1.54) is 6.42 Å². The summed E-state index contributed by atoms with van der Waals surface area (Å²) in [5, 5.41) is 26.5. The predicted octanol–water partition coefficient (Wildman–Crippen LogP) is 2.93. The lowest BCUT2D eigenvalue weighted by molar-refractivity contribution is -0.178. The molecule has 0 saturated carbocycles. The van der Waals surface area contributed by atoms with E-state index in [0.717, 1.165) is 26.4 Å². The molecule has 0 aromatic carbocycles. The second kappa shape index (κ2) is 11.0. The van der Waals surface area contributed by atoms with Gasteiger partial charge in [0.05, 0.1) is 0 Å². The van der Waals surface area contributed by atoms with Crippen LogP contribution in [0.5, 0.6) is 0 Å². The third kappa shape index (κ3) is 12.1. The predicted molar refractivity (Wildman–Crippen MR) is 72.7 cm³/mol. The Morgan fingerprint density at radius 3 is 1.94 bits per heavy atom. The van der Waals surface area contributed by atoms with Crippen LogP contribution in [-0.2, 0) is 0 Å². The molecule has 3 N–H and O–H groups in total. The van der Waals surface area contributed by atoms with Gasteiger partial charge in [-0.05, 0) is 24.7 Å². The van der Waals surface area contributed by atoms with Crippen LogP contribution in [0.15, 0.2) is 0 Å². The van der Waals surface area contributed by atoms with Crippen molar-refractivity contribution in [3.8, 4) is 0 Å². The topological polar surface area (TPSA) is 60.7 Å². The standard InChI is InChI=1S/C13H28O2.CH4O/c1-5-7-8-13(14,15)10-12(4)9-11(3)6-2;1-2/h11-12,14-15H,5-10H2,1-4H3;2H,1H3. The molecular formula is C14H32O3. The van der Waals surface area contributed by atoms with Gasteiger partial charge in [-0.15, -0.1) is 0 Å². The van der Waals surface area contributed by atoms with Crippen LogP contribution in [0.2, 0.25) is 0 Å². The second-order valence-corrected chi connectivity index (χ2v) is 5.14. The monoisotopic (exact) mass is 248 g/mol. The first kappa shape index (κ1) is 19.2. The molecule has 0 fully saturated rings. The highest BCUT2D eigenvalue weighted by Gasteiger charge is 2.25. The first-order chi connectivity index (χ1) is 7.91. The molecule has 0 aliphatic heterocycles. The van der Waals surface area contributed by atoms with Gasteiger partial charge in [0.25, 0.3) is 0 Å². The Balaban J connectivity index is 0. The molecule has 106 valence electrons. The Kier molecular flexibility index (Phi) is 12.4. The molecule has 0 heterocycles. The molecule has 0 spiro atoms. The van der Waals surface area contributed by atoms with Gasteiger partial charge in [-0.3, -0.25) is 0 Å². The zero-order valence-corrected chi connectivity index (χ0v) is 12.2. The highest BCUT2D eigenvalue weighted by atomic mass is 16.5. The van der Waals surface area contributed by atoms with E-state index in [1.54, 1.807) is 0 Å². The fourth-order valence-electron chi connectivity index (χ4n) is 2.06. The molecule has 0 aromatic heterocycles. The summed E-state index contributed by atoms with van der Waals surface area (Å²) >= 11 is 0. The van der Waals surface area contributed by atoms with Crippen molar-refractivity contribution in [1.29, 1.82) is 0 Å². The summed E-state index contributed by atoms with van der Waals surface area (Å²) in [4.78, 5) is 0. The molecule has 2 atom stereocenters. The molecule has 0 aliphatic rings. The van der Waals surface area contributed by atoms with E-state index >= 15 is 0 Å². The van der Waals surface area contributed by atoms with Crippen molar-refractivity contribution in [3.63, 3.8) is 0 Å². The van der Waals surface area contributed by atoms with Gasteiger partial charge in [-0.1, -0.05) is 40.5 Å². The number of aliphatic hydroxyl groups excluding tert-OH is 1. The normalized spacial score (nSPS) is 14.8. The molecule has 0 aliphatic carbocycles. The van der Waals surface area contributed by atoms with E-state index in [4.69, 9.17) is 5.11 Å². The van der Waals surface area contributed by atoms with Crippen LogP contribution in [0.4, 0.5) is 0 Å². The number of hydrogen-bond donors (Lipinski definition) is 3. The average Bonchev–Trinajstić information content (AvgIpc) is 2.28. The van der Waals surface area contributed by atoms with Gasteiger partial charge in [0.2, 0.25) is 0 Å². The lowest BCUT2D eigenvalue weighted by Crippen LogP contribution is -2.30. The summed E-state index contributed by atoms with van der Waals surface area (Å²) in [5.74, 6) is -0.364. The fraction of sp³-hybridized carbons (Fsp3) is 1.00. The molecule has 0 amide bonds. The van der Waals surface area contributed by atoms with Crippen LogP contribution in [0.25, 0.3) is 0 Å². The molecule has 17 heavy (non-hydrogen) atoms. The molecule has 3 heteroatoms. The van der Waals surface area contributed by atoms with Crippen LogP contribution in [0.1, 0.15) is 66.2 Å². The van der Waals surface area contributed by atoms with Gasteiger partial charge in [0.1, 0.15) is 0 Å². The minimum Gasteiger partial charge on any atom is -0.400 e. The van der Waals surface area contributed by atoms with Gasteiger partial charge in [0, 0.05) is 20.0 Å². The van der Waals surface area contributed by atoms with E-state index in [2.05, 4.69) is 27.7 Å². The zero-order chi connectivity index (χ0) is 13.9. The molecule has 0 rings (SSSR count). The molecular weight excluding hydrogens is 216 g/mol. The second-order valence-electron chi connectivity index (χ2n) is 5.14. The zero-order valence-electron chi connectivity index (χ0n) is 12.2. The van der Waals surface area contributed by atoms with Gasteiger partial charge in [0.15, 0.2) is 5.79 Å². The van der Waals surface area contributed by atoms with Crippen molar-refractivity contribution in [1.82, 2.24) is 0 Å². The number of hydrogen-bond acceptors (Lipinski definition) is 3. The maximum atomic E-state index is 9.76. The van der Waals surface area contributed by atoms with E-state index in [1.807, 2.05) is 0 Å². The van der Waals surface area contributed by atoms with E-state index in [-0.39, 0.29) is 0 Å². The number of unbranched alkanes of at least 4 members (excludes halogenated alkanes) is 1. The summed E-state index contributed by atoms with van der Waals surface area (Å²) in [6.07, 6.45) is 5.19. The highest BCUT2D eigenvalue weighted by molar-refractivity contribution is 4.70. The molecule has 0 bridgehead atoms. The summed E-state index contributed by atoms with van der Waals surface area (Å²) in [6, 6.07) is 0. The first-order valence-corrected chi connectivity index (χ1v) is 6.80. The van der Waals surface area contributed by atoms with Crippen LogP contribution >= 0.6 is 0 Å². The van der Waals surface area contributed by atoms with Gasteiger partial charge >= 0.3 is 0 Å². The molecule has 2 unspecified atom stereocenters. The number of rotatable bonds is 8. The smallest absolute Gasteiger partial charge is 0.162 e. The lowest BCUT2D eigenvalue weighted by Gasteiger charge is -2.26. The molecule has 0 saturated heterocycles. The summed E-state index contributed by atoms with van der Waals surface area (Å²) in [7, 11) is 1.00. The first-order valence-electron chi connectivity index (χ1n) is 6.80. The summed E-state index contributed by atoms with van der Waals surface area (Å²) in [5.41, 5.74) is 0. The Hall–Kier alpha value is -0.120. The SMILES string of the molecule is CCCCC(O)(O)CC(C)CC(C)CC.CO. The molecule has 0 aromatic rings. The Morgan fingerprint density at radius 1 is 1.00 bits per heavy atom. The van der Waals surface area contributed by atoms with E-state index in [9.17, 15) is 10.2 Å². The van der Waals surface area contributed by atoms with Crippen molar-refractivity contribution in [3.05, 3.63) is 0 Å². The van der Waals surface area contributed by atoms with Crippen LogP contribution in [-0.4, -0.2) is 28.2 Å². The minimum atomic E-state index is -1.44. The summed E-state index contributed by atoms with van der Waals surface area (Å²) < 4.78 is 0. The maximum absolute atomic E-state index is 9.76. The Labute approximate surface area is 107 Å². The Morgan fingerprint density at radius 2 is 1.53 bits per heavy atom. The van der Waals surface area contributed by atoms with Crippen LogP contribution in [0, 0.1) is 11.8 Å². The lowest BCUT2D eigenvalue weighted by atomic mass is 9.88. The van der Waals surface area contributed by atoms with E-state index in [0.29, 0.717) is 24.7 Å². The van der Waals surface area contributed by atoms with Crippen LogP contribution in [0.3, 0.4) is 0 Å². The quantitative estimate of drug-likeness (QED) is 0.579. The molecule has 3 nitrogen and oxygen atoms in total. The van der Waals surface area contributed by atoms with Crippen molar-refractivity contribution >= 4 is 0 Å². The van der Waals surface area contributed by atoms with Crippen molar-refractivity contribution in [2.75, 3.05) is 7.11 Å². The van der Waals surface area contributed by atoms with Crippen LogP contribution < -0.4 is 0 Å². The van der Waals surface area contributed by atoms with Gasteiger partial charge in [-0.25, -0.2) is 0 Å². The average molecular weight is 248 g/mol. The van der Waals surface area contributed by atoms with E-state index < -0.39 is 5.79 Å². The molecule has 0 radical (unpaired) electrons. The highest BCUT2D eigenvalue weighted by Crippen LogP contribution is 2.25. The van der Waals surface area contributed by atoms with Crippen molar-refractivity contribution in [2.45, 2.75) is 72.0 Å². The van der Waals surface area contributed by atoms with Gasteiger partial charge < -0.3 is 15.3 Å². The summed E-state index contributed by atoms with van der Waals surface area (Å²) in [6.45, 7) is 8.58. The van der Waals surface area contributed by atoms with Crippen molar-refractivity contribution < 1.29 is 15.3 Å². The fourth-order valence-corrected chi connectivity index (χ4v) is 2.06. The third-order valence-electron chi connectivity index (χ3n) is 3.11. The maximum Gasteiger partial charge on any atom is 0.162 e. The Bertz CT molecular complexity index is 158. The number of aliphatic hydroxyl groups is 3. The minimum absolute atomic E-state index is 0.395. The largest absolute Gasteiger partial charge is 0.400 e.